The summed E-state index contributed by atoms with van der Waals surface area (Å²) in [7, 11) is 3.47. The van der Waals surface area contributed by atoms with Crippen molar-refractivity contribution in [2.24, 2.45) is 11.3 Å². The highest BCUT2D eigenvalue weighted by molar-refractivity contribution is 5.90. The highest BCUT2D eigenvalue weighted by Gasteiger charge is 2.39. The summed E-state index contributed by atoms with van der Waals surface area (Å²) in [4.78, 5) is 26.6. The minimum absolute atomic E-state index is 0.0212. The Bertz CT molecular complexity index is 361. The predicted molar refractivity (Wildman–Crippen MR) is 84.9 cm³/mol. The molecule has 0 bridgehead atoms. The van der Waals surface area contributed by atoms with Gasteiger partial charge in [0.2, 0.25) is 11.8 Å². The summed E-state index contributed by atoms with van der Waals surface area (Å²) in [6.45, 7) is 7.87. The summed E-state index contributed by atoms with van der Waals surface area (Å²) in [6.07, 6.45) is 3.39. The average Bonchev–Trinajstić information content (AvgIpc) is 2.45. The number of piperidine rings is 1. The number of carbonyl (C=O) groups excluding carboxylic acids is 2. The summed E-state index contributed by atoms with van der Waals surface area (Å²) >= 11 is 0. The molecule has 2 unspecified atom stereocenters. The van der Waals surface area contributed by atoms with Crippen molar-refractivity contribution in [3.05, 3.63) is 0 Å². The van der Waals surface area contributed by atoms with Gasteiger partial charge in [0.05, 0.1) is 5.41 Å². The zero-order chi connectivity index (χ0) is 16.0. The first kappa shape index (κ1) is 18.0. The molecule has 0 spiro atoms. The first-order valence-electron chi connectivity index (χ1n) is 8.05. The second kappa shape index (κ2) is 7.78. The number of nitrogens with one attached hydrogen (secondary N) is 2. The Kier molecular flexibility index (Phi) is 6.65. The summed E-state index contributed by atoms with van der Waals surface area (Å²) in [5.74, 6) is 0.367. The SMILES string of the molecule is CCC1(C(=O)NC(CC(C)C)C(=O)N(C)C)CCCNC1. The minimum Gasteiger partial charge on any atom is -0.347 e. The van der Waals surface area contributed by atoms with E-state index in [0.29, 0.717) is 18.9 Å². The van der Waals surface area contributed by atoms with Crippen LogP contribution in [0.15, 0.2) is 0 Å². The first-order chi connectivity index (χ1) is 9.82. The maximum atomic E-state index is 12.7. The van der Waals surface area contributed by atoms with E-state index in [1.807, 2.05) is 0 Å². The van der Waals surface area contributed by atoms with Crippen LogP contribution in [0.2, 0.25) is 0 Å². The van der Waals surface area contributed by atoms with Crippen LogP contribution < -0.4 is 10.6 Å². The van der Waals surface area contributed by atoms with Crippen molar-refractivity contribution in [1.29, 1.82) is 0 Å². The second-order valence-corrected chi connectivity index (χ2v) is 6.80. The molecular formula is C16H31N3O2. The van der Waals surface area contributed by atoms with Gasteiger partial charge in [-0.15, -0.1) is 0 Å². The molecule has 1 saturated heterocycles. The lowest BCUT2D eigenvalue weighted by molar-refractivity contribution is -0.139. The number of hydrogen-bond donors (Lipinski definition) is 2. The monoisotopic (exact) mass is 297 g/mol. The normalized spacial score (nSPS) is 23.7. The number of nitrogens with zero attached hydrogens (tertiary/aromatic N) is 1. The Morgan fingerprint density at radius 1 is 1.33 bits per heavy atom. The third-order valence-electron chi connectivity index (χ3n) is 4.38. The number of amides is 2. The van der Waals surface area contributed by atoms with Gasteiger partial charge in [-0.2, -0.15) is 0 Å². The van der Waals surface area contributed by atoms with Crippen LogP contribution in [0.25, 0.3) is 0 Å². The molecule has 1 heterocycles. The highest BCUT2D eigenvalue weighted by Crippen LogP contribution is 2.30. The molecule has 1 rings (SSSR count). The molecule has 1 aliphatic rings. The largest absolute Gasteiger partial charge is 0.347 e. The van der Waals surface area contributed by atoms with E-state index in [1.54, 1.807) is 19.0 Å². The number of hydrogen-bond acceptors (Lipinski definition) is 3. The lowest BCUT2D eigenvalue weighted by atomic mass is 9.77. The van der Waals surface area contributed by atoms with Gasteiger partial charge in [-0.1, -0.05) is 20.8 Å². The van der Waals surface area contributed by atoms with E-state index in [9.17, 15) is 9.59 Å². The summed E-state index contributed by atoms with van der Waals surface area (Å²) in [6, 6.07) is -0.419. The van der Waals surface area contributed by atoms with Crippen molar-refractivity contribution in [3.8, 4) is 0 Å². The lowest BCUT2D eigenvalue weighted by Crippen LogP contribution is -2.55. The van der Waals surface area contributed by atoms with E-state index < -0.39 is 6.04 Å². The van der Waals surface area contributed by atoms with Gasteiger partial charge in [0.25, 0.3) is 0 Å². The molecule has 0 aliphatic carbocycles. The molecule has 122 valence electrons. The van der Waals surface area contributed by atoms with Crippen molar-refractivity contribution in [2.45, 2.75) is 52.5 Å². The molecule has 1 aliphatic heterocycles. The quantitative estimate of drug-likeness (QED) is 0.779. The fourth-order valence-corrected chi connectivity index (χ4v) is 2.94. The molecule has 0 aromatic heterocycles. The fraction of sp³-hybridized carbons (Fsp3) is 0.875. The van der Waals surface area contributed by atoms with Crippen molar-refractivity contribution in [3.63, 3.8) is 0 Å². The van der Waals surface area contributed by atoms with Crippen LogP contribution in [-0.4, -0.2) is 49.9 Å². The van der Waals surface area contributed by atoms with Crippen molar-refractivity contribution < 1.29 is 9.59 Å². The summed E-state index contributed by atoms with van der Waals surface area (Å²) in [5.41, 5.74) is -0.361. The van der Waals surface area contributed by atoms with Crippen molar-refractivity contribution in [1.82, 2.24) is 15.5 Å². The third kappa shape index (κ3) is 4.70. The fourth-order valence-electron chi connectivity index (χ4n) is 2.94. The van der Waals surface area contributed by atoms with Crippen molar-refractivity contribution >= 4 is 11.8 Å². The van der Waals surface area contributed by atoms with Crippen LogP contribution in [0.3, 0.4) is 0 Å². The molecule has 1 fully saturated rings. The molecule has 0 aromatic carbocycles. The van der Waals surface area contributed by atoms with E-state index in [1.165, 1.54) is 0 Å². The average molecular weight is 297 g/mol. The summed E-state index contributed by atoms with van der Waals surface area (Å²) < 4.78 is 0. The van der Waals surface area contributed by atoms with Gasteiger partial charge < -0.3 is 15.5 Å². The Labute approximate surface area is 128 Å². The van der Waals surface area contributed by atoms with Gasteiger partial charge in [-0.3, -0.25) is 9.59 Å². The molecule has 0 saturated carbocycles. The lowest BCUT2D eigenvalue weighted by Gasteiger charge is -2.37. The molecular weight excluding hydrogens is 266 g/mol. The second-order valence-electron chi connectivity index (χ2n) is 6.80. The van der Waals surface area contributed by atoms with Crippen LogP contribution in [0.5, 0.6) is 0 Å². The topological polar surface area (TPSA) is 61.4 Å². The van der Waals surface area contributed by atoms with E-state index in [4.69, 9.17) is 0 Å². The van der Waals surface area contributed by atoms with E-state index in [-0.39, 0.29) is 17.2 Å². The van der Waals surface area contributed by atoms with Gasteiger partial charge in [0.15, 0.2) is 0 Å². The maximum Gasteiger partial charge on any atom is 0.244 e. The molecule has 0 radical (unpaired) electrons. The van der Waals surface area contributed by atoms with Crippen LogP contribution in [0.4, 0.5) is 0 Å². The molecule has 0 aromatic rings. The van der Waals surface area contributed by atoms with Gasteiger partial charge in [0.1, 0.15) is 6.04 Å². The van der Waals surface area contributed by atoms with Crippen LogP contribution in [0.1, 0.15) is 46.5 Å². The number of carbonyl (C=O) groups is 2. The first-order valence-corrected chi connectivity index (χ1v) is 8.05. The van der Waals surface area contributed by atoms with Crippen LogP contribution >= 0.6 is 0 Å². The molecule has 2 N–H and O–H groups in total. The van der Waals surface area contributed by atoms with E-state index in [0.717, 1.165) is 25.8 Å². The smallest absolute Gasteiger partial charge is 0.244 e. The zero-order valence-corrected chi connectivity index (χ0v) is 14.2. The standard InChI is InChI=1S/C16H31N3O2/c1-6-16(8-7-9-17-11-16)15(21)18-13(10-12(2)3)14(20)19(4)5/h12-13,17H,6-11H2,1-5H3,(H,18,21). The third-order valence-corrected chi connectivity index (χ3v) is 4.38. The Balaban J connectivity index is 2.80. The summed E-state index contributed by atoms with van der Waals surface area (Å²) in [5, 5.41) is 6.34. The van der Waals surface area contributed by atoms with Gasteiger partial charge in [0, 0.05) is 20.6 Å². The highest BCUT2D eigenvalue weighted by atomic mass is 16.2. The number of rotatable bonds is 6. The van der Waals surface area contributed by atoms with E-state index in [2.05, 4.69) is 31.4 Å². The maximum absolute atomic E-state index is 12.7. The molecule has 2 amide bonds. The van der Waals surface area contributed by atoms with Gasteiger partial charge >= 0.3 is 0 Å². The molecule has 2 atom stereocenters. The number of likely N-dealkylation sites (N-methyl/N-ethyl adjacent to an activating group) is 1. The molecule has 5 nitrogen and oxygen atoms in total. The zero-order valence-electron chi connectivity index (χ0n) is 14.2. The van der Waals surface area contributed by atoms with Crippen LogP contribution in [0, 0.1) is 11.3 Å². The minimum atomic E-state index is -0.419. The van der Waals surface area contributed by atoms with Gasteiger partial charge in [-0.05, 0) is 38.1 Å². The Hall–Kier alpha value is -1.10. The van der Waals surface area contributed by atoms with Crippen molar-refractivity contribution in [2.75, 3.05) is 27.2 Å². The predicted octanol–water partition coefficient (Wildman–Crippen LogP) is 1.39. The Morgan fingerprint density at radius 3 is 2.43 bits per heavy atom. The molecule has 21 heavy (non-hydrogen) atoms. The Morgan fingerprint density at radius 2 is 2.00 bits per heavy atom. The van der Waals surface area contributed by atoms with Gasteiger partial charge in [-0.25, -0.2) is 0 Å². The molecule has 5 heteroatoms. The van der Waals surface area contributed by atoms with E-state index >= 15 is 0 Å². The van der Waals surface area contributed by atoms with Crippen LogP contribution in [-0.2, 0) is 9.59 Å².